The lowest BCUT2D eigenvalue weighted by Gasteiger charge is -2.28. The number of aryl methyl sites for hydroxylation is 1. The van der Waals surface area contributed by atoms with E-state index in [0.717, 1.165) is 37.2 Å². The Balaban J connectivity index is 1.92. The minimum Gasteiger partial charge on any atom is -0.380 e. The molecule has 0 spiro atoms. The fraction of sp³-hybridized carbons (Fsp3) is 0.471. The maximum atomic E-state index is 5.27. The number of hydrogen-bond donors (Lipinski definition) is 1. The molecule has 0 unspecified atom stereocenters. The smallest absolute Gasteiger partial charge is 0.134 e. The average Bonchev–Trinajstić information content (AvgIpc) is 2.53. The lowest BCUT2D eigenvalue weighted by atomic mass is 9.94. The Labute approximate surface area is 131 Å². The Morgan fingerprint density at radius 2 is 2.23 bits per heavy atom. The number of allylic oxidation sites excluding steroid dienone is 3. The van der Waals surface area contributed by atoms with Gasteiger partial charge in [0.05, 0.1) is 23.8 Å². The van der Waals surface area contributed by atoms with E-state index in [1.165, 1.54) is 22.4 Å². The fourth-order valence-electron chi connectivity index (χ4n) is 3.14. The van der Waals surface area contributed by atoms with E-state index in [1.807, 2.05) is 17.9 Å². The third kappa shape index (κ3) is 2.57. The fourth-order valence-corrected chi connectivity index (χ4v) is 3.14. The number of nitrogens with one attached hydrogen (secondary N) is 1. The molecule has 1 aliphatic rings. The van der Waals surface area contributed by atoms with Crippen molar-refractivity contribution in [1.29, 1.82) is 0 Å². The molecular formula is C17H24N4O. The summed E-state index contributed by atoms with van der Waals surface area (Å²) in [5.74, 6) is 0.997. The number of methoxy groups -OCH3 is 1. The van der Waals surface area contributed by atoms with Gasteiger partial charge in [-0.25, -0.2) is 4.98 Å². The molecule has 2 aromatic heterocycles. The molecule has 2 aromatic rings. The van der Waals surface area contributed by atoms with E-state index in [9.17, 15) is 0 Å². The first-order valence-corrected chi connectivity index (χ1v) is 7.78. The molecule has 0 aromatic carbocycles. The lowest BCUT2D eigenvalue weighted by Crippen LogP contribution is -2.22. The first kappa shape index (κ1) is 14.9. The summed E-state index contributed by atoms with van der Waals surface area (Å²) in [6, 6.07) is 2.14. The molecule has 0 fully saturated rings. The third-order valence-corrected chi connectivity index (χ3v) is 4.41. The predicted molar refractivity (Wildman–Crippen MR) is 90.0 cm³/mol. The van der Waals surface area contributed by atoms with Crippen LogP contribution in [0.3, 0.4) is 0 Å². The van der Waals surface area contributed by atoms with Crippen molar-refractivity contribution in [3.8, 4) is 0 Å². The van der Waals surface area contributed by atoms with Crippen LogP contribution in [0.2, 0.25) is 0 Å². The number of rotatable bonds is 5. The second-order valence-electron chi connectivity index (χ2n) is 5.85. The minimum atomic E-state index is 0.730. The summed E-state index contributed by atoms with van der Waals surface area (Å²) in [7, 11) is 5.89. The molecule has 1 N–H and O–H groups in total. The molecule has 118 valence electrons. The van der Waals surface area contributed by atoms with Crippen LogP contribution < -0.4 is 4.90 Å². The summed E-state index contributed by atoms with van der Waals surface area (Å²) >= 11 is 0. The molecule has 5 nitrogen and oxygen atoms in total. The second-order valence-corrected chi connectivity index (χ2v) is 5.85. The zero-order chi connectivity index (χ0) is 15.7. The van der Waals surface area contributed by atoms with Crippen LogP contribution in [0.1, 0.15) is 26.2 Å². The molecule has 0 aliphatic heterocycles. The maximum absolute atomic E-state index is 5.27. The first-order chi connectivity index (χ1) is 10.6. The highest BCUT2D eigenvalue weighted by Gasteiger charge is 2.18. The Morgan fingerprint density at radius 3 is 2.91 bits per heavy atom. The average molecular weight is 300 g/mol. The van der Waals surface area contributed by atoms with E-state index in [2.05, 4.69) is 41.1 Å². The summed E-state index contributed by atoms with van der Waals surface area (Å²) in [4.78, 5) is 6.81. The quantitative estimate of drug-likeness (QED) is 0.921. The van der Waals surface area contributed by atoms with Crippen molar-refractivity contribution in [1.82, 2.24) is 14.8 Å². The summed E-state index contributed by atoms with van der Waals surface area (Å²) in [6.07, 6.45) is 7.33. The number of nitrogens with zero attached hydrogens (tertiary/aromatic N) is 3. The highest BCUT2D eigenvalue weighted by molar-refractivity contribution is 5.79. The molecule has 0 saturated heterocycles. The van der Waals surface area contributed by atoms with Gasteiger partial charge >= 0.3 is 0 Å². The molecule has 2 heterocycles. The lowest BCUT2D eigenvalue weighted by molar-refractivity contribution is 0.222. The molecular weight excluding hydrogens is 276 g/mol. The van der Waals surface area contributed by atoms with Crippen molar-refractivity contribution < 1.29 is 4.74 Å². The SMILES string of the molecule is CCC1=C(N(C)c2cc3c(cn2)[nH]n3C)CCC(COC)=C1. The Hall–Kier alpha value is -2.01. The molecule has 22 heavy (non-hydrogen) atoms. The van der Waals surface area contributed by atoms with Gasteiger partial charge in [0.15, 0.2) is 0 Å². The van der Waals surface area contributed by atoms with Gasteiger partial charge < -0.3 is 9.64 Å². The Kier molecular flexibility index (Phi) is 4.07. The molecule has 5 heteroatoms. The van der Waals surface area contributed by atoms with Crippen molar-refractivity contribution in [3.63, 3.8) is 0 Å². The van der Waals surface area contributed by atoms with E-state index >= 15 is 0 Å². The van der Waals surface area contributed by atoms with Crippen LogP contribution in [0.4, 0.5) is 5.82 Å². The van der Waals surface area contributed by atoms with E-state index in [0.29, 0.717) is 0 Å². The zero-order valence-electron chi connectivity index (χ0n) is 13.8. The highest BCUT2D eigenvalue weighted by atomic mass is 16.5. The van der Waals surface area contributed by atoms with Crippen LogP contribution in [0.15, 0.2) is 35.2 Å². The van der Waals surface area contributed by atoms with Gasteiger partial charge in [0.2, 0.25) is 0 Å². The van der Waals surface area contributed by atoms with Crippen molar-refractivity contribution in [2.24, 2.45) is 7.05 Å². The second kappa shape index (κ2) is 6.01. The summed E-state index contributed by atoms with van der Waals surface area (Å²) in [5.41, 5.74) is 6.42. The van der Waals surface area contributed by atoms with Crippen molar-refractivity contribution >= 4 is 16.9 Å². The van der Waals surface area contributed by atoms with Gasteiger partial charge in [-0.05, 0) is 30.4 Å². The standard InChI is InChI=1S/C17H24N4O/c1-5-13-8-12(11-22-4)6-7-15(13)20(2)17-9-16-14(10-18-17)19-21(16)3/h8-10,19H,5-7,11H2,1-4H3. The number of aromatic nitrogens is 3. The van der Waals surface area contributed by atoms with Crippen LogP contribution in [-0.4, -0.2) is 35.5 Å². The first-order valence-electron chi connectivity index (χ1n) is 7.78. The number of pyridine rings is 1. The minimum absolute atomic E-state index is 0.730. The monoisotopic (exact) mass is 300 g/mol. The topological polar surface area (TPSA) is 46.1 Å². The van der Waals surface area contributed by atoms with Gasteiger partial charge in [0, 0.05) is 33.0 Å². The summed E-state index contributed by atoms with van der Waals surface area (Å²) < 4.78 is 7.29. The molecule has 0 saturated carbocycles. The number of anilines is 1. The Morgan fingerprint density at radius 1 is 1.41 bits per heavy atom. The molecule has 3 rings (SSSR count). The van der Waals surface area contributed by atoms with Crippen LogP contribution in [0.25, 0.3) is 11.0 Å². The number of hydrogen-bond acceptors (Lipinski definition) is 3. The number of aromatic amines is 1. The van der Waals surface area contributed by atoms with Crippen LogP contribution >= 0.6 is 0 Å². The van der Waals surface area contributed by atoms with Gasteiger partial charge in [0.25, 0.3) is 0 Å². The Bertz CT molecular complexity index is 735. The van der Waals surface area contributed by atoms with E-state index < -0.39 is 0 Å². The van der Waals surface area contributed by atoms with E-state index in [-0.39, 0.29) is 0 Å². The molecule has 0 radical (unpaired) electrons. The zero-order valence-corrected chi connectivity index (χ0v) is 13.8. The van der Waals surface area contributed by atoms with Crippen LogP contribution in [0.5, 0.6) is 0 Å². The maximum Gasteiger partial charge on any atom is 0.134 e. The normalized spacial score (nSPS) is 15.5. The molecule has 0 atom stereocenters. The predicted octanol–water partition coefficient (Wildman–Crippen LogP) is 3.37. The van der Waals surface area contributed by atoms with Crippen molar-refractivity contribution in [2.45, 2.75) is 26.2 Å². The van der Waals surface area contributed by atoms with Crippen molar-refractivity contribution in [2.75, 3.05) is 25.7 Å². The van der Waals surface area contributed by atoms with Crippen LogP contribution in [-0.2, 0) is 11.8 Å². The van der Waals surface area contributed by atoms with Gasteiger partial charge in [-0.3, -0.25) is 9.78 Å². The summed E-state index contributed by atoms with van der Waals surface area (Å²) in [5, 5.41) is 3.19. The highest BCUT2D eigenvalue weighted by Crippen LogP contribution is 2.31. The van der Waals surface area contributed by atoms with E-state index in [4.69, 9.17) is 4.74 Å². The van der Waals surface area contributed by atoms with Gasteiger partial charge in [-0.1, -0.05) is 13.0 Å². The molecule has 0 bridgehead atoms. The third-order valence-electron chi connectivity index (χ3n) is 4.41. The van der Waals surface area contributed by atoms with Gasteiger partial charge in [-0.2, -0.15) is 0 Å². The molecule has 0 amide bonds. The van der Waals surface area contributed by atoms with Crippen LogP contribution in [0, 0.1) is 0 Å². The number of fused-ring (bicyclic) bond motifs is 1. The van der Waals surface area contributed by atoms with Crippen molar-refractivity contribution in [3.05, 3.63) is 35.2 Å². The molecule has 1 aliphatic carbocycles. The van der Waals surface area contributed by atoms with Gasteiger partial charge in [-0.15, -0.1) is 0 Å². The van der Waals surface area contributed by atoms with Gasteiger partial charge in [0.1, 0.15) is 5.82 Å². The number of H-pyrrole nitrogens is 1. The summed E-state index contributed by atoms with van der Waals surface area (Å²) in [6.45, 7) is 2.94. The van der Waals surface area contributed by atoms with E-state index in [1.54, 1.807) is 7.11 Å². The number of ether oxygens (including phenoxy) is 1. The largest absolute Gasteiger partial charge is 0.380 e.